The minimum absolute atomic E-state index is 0. The predicted octanol–water partition coefficient (Wildman–Crippen LogP) is 6.16. The largest absolute Gasteiger partial charge is 0.481 e. The second kappa shape index (κ2) is 9.29. The molecule has 3 heterocycles. The Balaban J connectivity index is 0.00000259. The Morgan fingerprint density at radius 1 is 1.27 bits per heavy atom. The fourth-order valence-corrected chi connectivity index (χ4v) is 6.78. The zero-order valence-corrected chi connectivity index (χ0v) is 18.7. The van der Waals surface area contributed by atoms with Crippen molar-refractivity contribution in [2.24, 2.45) is 5.41 Å². The molecule has 3 atom stereocenters. The molecule has 3 unspecified atom stereocenters. The van der Waals surface area contributed by atoms with E-state index in [1.807, 2.05) is 34.7 Å². The molecule has 2 N–H and O–H groups in total. The average molecular weight is 471 g/mol. The van der Waals surface area contributed by atoms with Crippen LogP contribution in [0.1, 0.15) is 68.7 Å². The normalized spacial score (nSPS) is 23.2. The second-order valence-corrected chi connectivity index (χ2v) is 10.3. The molecular formula is C26H31FN2O3S. The van der Waals surface area contributed by atoms with E-state index in [1.54, 1.807) is 17.4 Å². The number of piperidine rings is 1. The van der Waals surface area contributed by atoms with Gasteiger partial charge in [0.05, 0.1) is 6.42 Å². The van der Waals surface area contributed by atoms with E-state index in [-0.39, 0.29) is 49.4 Å². The summed E-state index contributed by atoms with van der Waals surface area (Å²) in [6.07, 6.45) is 6.65. The lowest BCUT2D eigenvalue weighted by molar-refractivity contribution is -0.145. The molecule has 176 valence electrons. The molecule has 2 aromatic heterocycles. The lowest BCUT2D eigenvalue weighted by atomic mass is 9.65. The van der Waals surface area contributed by atoms with Crippen LogP contribution in [0.2, 0.25) is 0 Å². The smallest absolute Gasteiger partial charge is 0.303 e. The van der Waals surface area contributed by atoms with Crippen molar-refractivity contribution in [2.75, 3.05) is 6.54 Å². The Morgan fingerprint density at radius 3 is 2.88 bits per heavy atom. The van der Waals surface area contributed by atoms with Crippen LogP contribution in [0.25, 0.3) is 10.9 Å². The third kappa shape index (κ3) is 4.43. The Kier molecular flexibility index (Phi) is 6.61. The third-order valence-corrected chi connectivity index (χ3v) is 8.40. The van der Waals surface area contributed by atoms with Crippen LogP contribution in [0.5, 0.6) is 0 Å². The molecule has 1 aromatic carbocycles. The summed E-state index contributed by atoms with van der Waals surface area (Å²) in [5.41, 5.74) is 1.38. The number of fused-ring (bicyclic) bond motifs is 3. The average Bonchev–Trinajstić information content (AvgIpc) is 3.42. The number of nitrogens with zero attached hydrogens (tertiary/aromatic N) is 1. The molecule has 5 rings (SSSR count). The fourth-order valence-electron chi connectivity index (χ4n) is 5.93. The van der Waals surface area contributed by atoms with Crippen LogP contribution < -0.4 is 0 Å². The molecule has 0 radical (unpaired) electrons. The van der Waals surface area contributed by atoms with Gasteiger partial charge in [0.15, 0.2) is 0 Å². The number of carboxylic acid groups (broad SMARTS) is 1. The van der Waals surface area contributed by atoms with Gasteiger partial charge in [0, 0.05) is 46.9 Å². The first-order valence-corrected chi connectivity index (χ1v) is 12.1. The summed E-state index contributed by atoms with van der Waals surface area (Å²) in [4.78, 5) is 31.2. The summed E-state index contributed by atoms with van der Waals surface area (Å²) in [6.45, 7) is 0.607. The quantitative estimate of drug-likeness (QED) is 0.453. The second-order valence-electron chi connectivity index (χ2n) is 9.34. The highest BCUT2D eigenvalue weighted by Crippen LogP contribution is 2.48. The number of benzene rings is 1. The Morgan fingerprint density at radius 2 is 2.12 bits per heavy atom. The number of hydrogen-bond acceptors (Lipinski definition) is 3. The van der Waals surface area contributed by atoms with E-state index in [0.717, 1.165) is 48.1 Å². The van der Waals surface area contributed by atoms with E-state index < -0.39 is 5.97 Å². The topological polar surface area (TPSA) is 73.4 Å². The fraction of sp³-hybridized carbons (Fsp3) is 0.462. The molecule has 1 amide bonds. The Bertz CT molecular complexity index is 1140. The van der Waals surface area contributed by atoms with Crippen molar-refractivity contribution in [3.8, 4) is 0 Å². The van der Waals surface area contributed by atoms with E-state index in [1.165, 1.54) is 6.07 Å². The van der Waals surface area contributed by atoms with Gasteiger partial charge in [0.25, 0.3) is 0 Å². The van der Waals surface area contributed by atoms with Crippen molar-refractivity contribution < 1.29 is 19.1 Å². The number of H-pyrrole nitrogens is 1. The maximum Gasteiger partial charge on any atom is 0.303 e. The number of likely N-dealkylation sites (tertiary alicyclic amines) is 1. The lowest BCUT2D eigenvalue weighted by Gasteiger charge is -2.50. The van der Waals surface area contributed by atoms with Crippen molar-refractivity contribution in [1.29, 1.82) is 0 Å². The number of hydrogen-bond donors (Lipinski definition) is 2. The molecular weight excluding hydrogens is 439 g/mol. The number of carboxylic acids is 1. The number of halogens is 1. The summed E-state index contributed by atoms with van der Waals surface area (Å²) in [5, 5.41) is 11.9. The molecule has 1 saturated heterocycles. The number of amides is 1. The van der Waals surface area contributed by atoms with Crippen LogP contribution in [0.3, 0.4) is 0 Å². The van der Waals surface area contributed by atoms with E-state index in [4.69, 9.17) is 0 Å². The number of thiophene rings is 1. The maximum absolute atomic E-state index is 14.7. The first-order chi connectivity index (χ1) is 15.5. The van der Waals surface area contributed by atoms with Crippen LogP contribution in [0.15, 0.2) is 41.9 Å². The Hall–Kier alpha value is -2.67. The van der Waals surface area contributed by atoms with Gasteiger partial charge >= 0.3 is 5.97 Å². The molecule has 2 bridgehead atoms. The first kappa shape index (κ1) is 23.5. The van der Waals surface area contributed by atoms with Crippen molar-refractivity contribution >= 4 is 34.1 Å². The molecule has 33 heavy (non-hydrogen) atoms. The van der Waals surface area contributed by atoms with Gasteiger partial charge in [-0.2, -0.15) is 0 Å². The van der Waals surface area contributed by atoms with E-state index in [2.05, 4.69) is 4.98 Å². The van der Waals surface area contributed by atoms with E-state index >= 15 is 0 Å². The minimum Gasteiger partial charge on any atom is -0.481 e. The predicted molar refractivity (Wildman–Crippen MR) is 129 cm³/mol. The van der Waals surface area contributed by atoms with Crippen LogP contribution in [0, 0.1) is 11.2 Å². The first-order valence-electron chi connectivity index (χ1n) is 11.3. The summed E-state index contributed by atoms with van der Waals surface area (Å²) in [6, 6.07) is 9.07. The van der Waals surface area contributed by atoms with Crippen molar-refractivity contribution in [3.63, 3.8) is 0 Å². The SMILES string of the molecule is C.O=C(O)CC12CCCC(C1)N(C(=O)CC(c1cccs1)c1c[nH]c3cccc(F)c13)CC2. The van der Waals surface area contributed by atoms with Gasteiger partial charge in [-0.05, 0) is 60.2 Å². The highest BCUT2D eigenvalue weighted by Gasteiger charge is 2.45. The van der Waals surface area contributed by atoms with Gasteiger partial charge in [0.1, 0.15) is 5.82 Å². The summed E-state index contributed by atoms with van der Waals surface area (Å²) < 4.78 is 14.7. The number of aromatic nitrogens is 1. The van der Waals surface area contributed by atoms with Gasteiger partial charge in [-0.25, -0.2) is 4.39 Å². The number of carbonyl (C=O) groups is 2. The van der Waals surface area contributed by atoms with E-state index in [0.29, 0.717) is 11.9 Å². The summed E-state index contributed by atoms with van der Waals surface area (Å²) >= 11 is 1.58. The third-order valence-electron chi connectivity index (χ3n) is 7.41. The van der Waals surface area contributed by atoms with Crippen molar-refractivity contribution in [3.05, 3.63) is 58.2 Å². The van der Waals surface area contributed by atoms with Crippen LogP contribution in [-0.4, -0.2) is 39.5 Å². The number of carbonyl (C=O) groups excluding carboxylic acids is 1. The maximum atomic E-state index is 14.7. The molecule has 2 fully saturated rings. The van der Waals surface area contributed by atoms with Gasteiger partial charge in [-0.1, -0.05) is 26.0 Å². The minimum atomic E-state index is -0.746. The van der Waals surface area contributed by atoms with Gasteiger partial charge in [-0.15, -0.1) is 11.3 Å². The molecule has 0 spiro atoms. The number of aliphatic carboxylic acids is 1. The lowest BCUT2D eigenvalue weighted by Crippen LogP contribution is -2.52. The number of aromatic amines is 1. The van der Waals surface area contributed by atoms with Gasteiger partial charge in [0.2, 0.25) is 5.91 Å². The van der Waals surface area contributed by atoms with E-state index in [9.17, 15) is 19.1 Å². The van der Waals surface area contributed by atoms with Crippen LogP contribution in [0.4, 0.5) is 4.39 Å². The highest BCUT2D eigenvalue weighted by atomic mass is 32.1. The Labute approximate surface area is 197 Å². The monoisotopic (exact) mass is 470 g/mol. The van der Waals surface area contributed by atoms with Crippen molar-refractivity contribution in [1.82, 2.24) is 9.88 Å². The molecule has 2 aliphatic rings. The molecule has 1 aliphatic heterocycles. The summed E-state index contributed by atoms with van der Waals surface area (Å²) in [7, 11) is 0. The molecule has 1 aliphatic carbocycles. The highest BCUT2D eigenvalue weighted by molar-refractivity contribution is 7.10. The molecule has 3 aromatic rings. The van der Waals surface area contributed by atoms with Gasteiger partial charge < -0.3 is 15.0 Å². The van der Waals surface area contributed by atoms with Gasteiger partial charge in [-0.3, -0.25) is 9.59 Å². The van der Waals surface area contributed by atoms with Crippen LogP contribution >= 0.6 is 11.3 Å². The zero-order valence-electron chi connectivity index (χ0n) is 17.9. The van der Waals surface area contributed by atoms with Crippen molar-refractivity contribution in [2.45, 2.75) is 64.3 Å². The van der Waals surface area contributed by atoms with Crippen LogP contribution in [-0.2, 0) is 9.59 Å². The zero-order chi connectivity index (χ0) is 22.3. The number of nitrogens with one attached hydrogen (secondary N) is 1. The molecule has 1 saturated carbocycles. The number of rotatable bonds is 6. The summed E-state index contributed by atoms with van der Waals surface area (Å²) in [5.74, 6) is -1.17. The molecule has 7 heteroatoms. The standard InChI is InChI=1S/C25H27FN2O3S.CH4/c26-19-5-1-6-20-24(19)18(15-27-20)17(21-7-3-11-32-21)12-22(29)28-10-9-25(14-23(30)31)8-2-4-16(28)13-25;/h1,3,5-7,11,15-17,27H,2,4,8-10,12-14H2,(H,30,31);1H4. The molecule has 5 nitrogen and oxygen atoms in total.